The van der Waals surface area contributed by atoms with Gasteiger partial charge in [0, 0.05) is 18.7 Å². The molecule has 0 saturated heterocycles. The molecule has 4 rings (SSSR count). The number of benzene rings is 2. The summed E-state index contributed by atoms with van der Waals surface area (Å²) in [6, 6.07) is 15.3. The third-order valence-corrected chi connectivity index (χ3v) is 5.69. The van der Waals surface area contributed by atoms with Gasteiger partial charge in [-0.3, -0.25) is 4.79 Å². The summed E-state index contributed by atoms with van der Waals surface area (Å²) in [5.41, 5.74) is 10.5. The van der Waals surface area contributed by atoms with Gasteiger partial charge in [-0.05, 0) is 24.6 Å². The van der Waals surface area contributed by atoms with Crippen LogP contribution >= 0.6 is 0 Å². The van der Waals surface area contributed by atoms with Crippen molar-refractivity contribution < 1.29 is 9.53 Å². The Morgan fingerprint density at radius 3 is 2.50 bits per heavy atom. The number of rotatable bonds is 9. The Morgan fingerprint density at radius 2 is 1.75 bits per heavy atom. The van der Waals surface area contributed by atoms with Crippen LogP contribution in [0.1, 0.15) is 48.5 Å². The number of hydrogen-bond donors (Lipinski definition) is 2. The number of para-hydroxylation sites is 3. The molecule has 0 aliphatic carbocycles. The molecule has 0 bridgehead atoms. The highest BCUT2D eigenvalue weighted by Crippen LogP contribution is 2.28. The Morgan fingerprint density at radius 1 is 1.03 bits per heavy atom. The van der Waals surface area contributed by atoms with Crippen molar-refractivity contribution in [1.29, 1.82) is 0 Å². The van der Waals surface area contributed by atoms with E-state index in [4.69, 9.17) is 20.4 Å². The molecule has 0 aliphatic heterocycles. The van der Waals surface area contributed by atoms with Gasteiger partial charge in [-0.25, -0.2) is 9.97 Å². The highest BCUT2D eigenvalue weighted by molar-refractivity contribution is 6.10. The lowest BCUT2D eigenvalue weighted by atomic mass is 10.2. The largest absolute Gasteiger partial charge is 0.496 e. The molecule has 7 heteroatoms. The lowest BCUT2D eigenvalue weighted by Gasteiger charge is -2.10. The monoisotopic (exact) mass is 431 g/mol. The number of nitrogens with zero attached hydrogens (tertiary/aromatic N) is 3. The average Bonchev–Trinajstić information content (AvgIpc) is 3.09. The van der Waals surface area contributed by atoms with Gasteiger partial charge in [-0.15, -0.1) is 0 Å². The van der Waals surface area contributed by atoms with Crippen LogP contribution in [0, 0.1) is 0 Å². The van der Waals surface area contributed by atoms with E-state index in [2.05, 4.69) is 12.2 Å². The number of unbranched alkanes of at least 4 members (excludes halogenated alkanes) is 3. The Labute approximate surface area is 187 Å². The number of carbonyl (C=O) groups is 1. The van der Waals surface area contributed by atoms with Crippen molar-refractivity contribution in [2.75, 3.05) is 12.8 Å². The minimum atomic E-state index is -0.268. The maximum Gasteiger partial charge on any atom is 0.257 e. The van der Waals surface area contributed by atoms with Gasteiger partial charge in [0.05, 0.1) is 18.1 Å². The summed E-state index contributed by atoms with van der Waals surface area (Å²) in [5, 5.41) is 2.98. The standard InChI is InChI=1S/C25H29N5O2/c1-3-4-5-10-15-30-23(26)21(22-24(30)29-19-13-8-7-12-18(19)28-22)25(31)27-16-17-11-6-9-14-20(17)32-2/h6-9,11-14H,3-5,10,15-16,26H2,1-2H3,(H,27,31). The van der Waals surface area contributed by atoms with Gasteiger partial charge in [-0.2, -0.15) is 0 Å². The normalized spacial score (nSPS) is 11.2. The maximum atomic E-state index is 13.3. The number of fused-ring (bicyclic) bond motifs is 2. The molecule has 2 heterocycles. The molecule has 0 aliphatic rings. The van der Waals surface area contributed by atoms with E-state index in [0.717, 1.165) is 41.6 Å². The molecule has 2 aromatic heterocycles. The van der Waals surface area contributed by atoms with Crippen molar-refractivity contribution in [2.24, 2.45) is 0 Å². The van der Waals surface area contributed by atoms with Crippen LogP contribution in [0.25, 0.3) is 22.2 Å². The number of nitrogen functional groups attached to an aromatic ring is 1. The summed E-state index contributed by atoms with van der Waals surface area (Å²) in [7, 11) is 1.62. The fourth-order valence-electron chi connectivity index (χ4n) is 3.98. The number of methoxy groups -OCH3 is 1. The lowest BCUT2D eigenvalue weighted by Crippen LogP contribution is -2.24. The number of amides is 1. The molecule has 0 radical (unpaired) electrons. The van der Waals surface area contributed by atoms with Gasteiger partial charge >= 0.3 is 0 Å². The predicted molar refractivity (Wildman–Crippen MR) is 128 cm³/mol. The highest BCUT2D eigenvalue weighted by Gasteiger charge is 2.24. The number of nitrogens with two attached hydrogens (primary N) is 1. The number of aromatic nitrogens is 3. The highest BCUT2D eigenvalue weighted by atomic mass is 16.5. The SMILES string of the molecule is CCCCCCn1c(N)c(C(=O)NCc2ccccc2OC)c2nc3ccccc3nc21. The van der Waals surface area contributed by atoms with Gasteiger partial charge in [-0.1, -0.05) is 56.5 Å². The van der Waals surface area contributed by atoms with E-state index in [-0.39, 0.29) is 5.91 Å². The maximum absolute atomic E-state index is 13.3. The first kappa shape index (κ1) is 21.6. The zero-order chi connectivity index (χ0) is 22.5. The van der Waals surface area contributed by atoms with E-state index >= 15 is 0 Å². The van der Waals surface area contributed by atoms with Crippen LogP contribution in [0.4, 0.5) is 5.82 Å². The molecule has 32 heavy (non-hydrogen) atoms. The summed E-state index contributed by atoms with van der Waals surface area (Å²) in [4.78, 5) is 22.8. The first-order valence-corrected chi connectivity index (χ1v) is 11.1. The molecule has 0 fully saturated rings. The van der Waals surface area contributed by atoms with Crippen molar-refractivity contribution >= 4 is 33.9 Å². The van der Waals surface area contributed by atoms with E-state index in [9.17, 15) is 4.79 Å². The number of carbonyl (C=O) groups excluding carboxylic acids is 1. The third-order valence-electron chi connectivity index (χ3n) is 5.69. The van der Waals surface area contributed by atoms with Gasteiger partial charge < -0.3 is 20.4 Å². The summed E-state index contributed by atoms with van der Waals surface area (Å²) in [6.07, 6.45) is 4.40. The Hall–Kier alpha value is -3.61. The molecular weight excluding hydrogens is 402 g/mol. The van der Waals surface area contributed by atoms with E-state index in [1.54, 1.807) is 7.11 Å². The molecule has 0 saturated carbocycles. The molecule has 0 spiro atoms. The van der Waals surface area contributed by atoms with Crippen LogP contribution in [0.2, 0.25) is 0 Å². The number of nitrogens with one attached hydrogen (secondary N) is 1. The van der Waals surface area contributed by atoms with Crippen molar-refractivity contribution in [3.8, 4) is 5.75 Å². The molecule has 0 atom stereocenters. The first-order chi connectivity index (χ1) is 15.6. The zero-order valence-electron chi connectivity index (χ0n) is 18.6. The molecular formula is C25H29N5O2. The first-order valence-electron chi connectivity index (χ1n) is 11.1. The quantitative estimate of drug-likeness (QED) is 0.375. The summed E-state index contributed by atoms with van der Waals surface area (Å²) < 4.78 is 7.32. The Balaban J connectivity index is 1.71. The lowest BCUT2D eigenvalue weighted by molar-refractivity contribution is 0.0953. The fraction of sp³-hybridized carbons (Fsp3) is 0.320. The molecule has 2 aromatic carbocycles. The molecule has 1 amide bonds. The van der Waals surface area contributed by atoms with E-state index in [0.29, 0.717) is 35.6 Å². The Bertz CT molecular complexity index is 1250. The number of anilines is 1. The van der Waals surface area contributed by atoms with E-state index < -0.39 is 0 Å². The second kappa shape index (κ2) is 9.68. The van der Waals surface area contributed by atoms with Gasteiger partial charge in [0.25, 0.3) is 5.91 Å². The van der Waals surface area contributed by atoms with E-state index in [1.807, 2.05) is 53.1 Å². The van der Waals surface area contributed by atoms with Crippen LogP contribution < -0.4 is 15.8 Å². The predicted octanol–water partition coefficient (Wildman–Crippen LogP) is 4.69. The van der Waals surface area contributed by atoms with Gasteiger partial charge in [0.2, 0.25) is 0 Å². The topological polar surface area (TPSA) is 95.1 Å². The van der Waals surface area contributed by atoms with Crippen molar-refractivity contribution in [1.82, 2.24) is 19.9 Å². The number of hydrogen-bond acceptors (Lipinski definition) is 5. The minimum absolute atomic E-state index is 0.268. The van der Waals surface area contributed by atoms with Crippen LogP contribution in [0.3, 0.4) is 0 Å². The number of aryl methyl sites for hydroxylation is 1. The zero-order valence-corrected chi connectivity index (χ0v) is 18.6. The second-order valence-corrected chi connectivity index (χ2v) is 7.85. The van der Waals surface area contributed by atoms with Crippen LogP contribution in [-0.2, 0) is 13.1 Å². The molecule has 3 N–H and O–H groups in total. The molecule has 0 unspecified atom stereocenters. The van der Waals surface area contributed by atoms with Crippen molar-refractivity contribution in [3.63, 3.8) is 0 Å². The minimum Gasteiger partial charge on any atom is -0.496 e. The third kappa shape index (κ3) is 4.23. The molecule has 4 aromatic rings. The number of ether oxygens (including phenoxy) is 1. The van der Waals surface area contributed by atoms with Crippen LogP contribution in [0.15, 0.2) is 48.5 Å². The summed E-state index contributed by atoms with van der Waals surface area (Å²) >= 11 is 0. The van der Waals surface area contributed by atoms with Crippen LogP contribution in [-0.4, -0.2) is 27.6 Å². The van der Waals surface area contributed by atoms with Crippen LogP contribution in [0.5, 0.6) is 5.75 Å². The van der Waals surface area contributed by atoms with Gasteiger partial charge in [0.1, 0.15) is 22.6 Å². The molecule has 7 nitrogen and oxygen atoms in total. The van der Waals surface area contributed by atoms with Crippen molar-refractivity contribution in [2.45, 2.75) is 45.7 Å². The van der Waals surface area contributed by atoms with Gasteiger partial charge in [0.15, 0.2) is 5.65 Å². The van der Waals surface area contributed by atoms with E-state index in [1.165, 1.54) is 6.42 Å². The smallest absolute Gasteiger partial charge is 0.257 e. The average molecular weight is 432 g/mol. The fourth-order valence-corrected chi connectivity index (χ4v) is 3.98. The summed E-state index contributed by atoms with van der Waals surface area (Å²) in [6.45, 7) is 3.21. The summed E-state index contributed by atoms with van der Waals surface area (Å²) in [5.74, 6) is 0.865. The molecule has 166 valence electrons. The second-order valence-electron chi connectivity index (χ2n) is 7.85. The van der Waals surface area contributed by atoms with Crippen molar-refractivity contribution in [3.05, 3.63) is 59.7 Å². The Kier molecular flexibility index (Phi) is 6.54.